The molecule has 0 bridgehead atoms. The Morgan fingerprint density at radius 1 is 1.14 bits per heavy atom. The van der Waals surface area contributed by atoms with Gasteiger partial charge >= 0.3 is 0 Å². The maximum atomic E-state index is 12.5. The van der Waals surface area contributed by atoms with Crippen LogP contribution in [0.2, 0.25) is 0 Å². The molecule has 0 saturated carbocycles. The van der Waals surface area contributed by atoms with Crippen LogP contribution < -0.4 is 4.90 Å². The molecule has 0 fully saturated rings. The zero-order valence-electron chi connectivity index (χ0n) is 16.8. The number of amides is 1. The average Bonchev–Trinajstić information content (AvgIpc) is 3.25. The molecule has 0 spiro atoms. The Bertz CT molecular complexity index is 946. The highest BCUT2D eigenvalue weighted by Crippen LogP contribution is 2.26. The Hall–Kier alpha value is -2.74. The summed E-state index contributed by atoms with van der Waals surface area (Å²) in [6, 6.07) is 10.1. The van der Waals surface area contributed by atoms with Gasteiger partial charge in [0.05, 0.1) is 17.6 Å². The van der Waals surface area contributed by atoms with Crippen LogP contribution in [0.5, 0.6) is 0 Å². The fraction of sp³-hybridized carbons (Fsp3) is 0.350. The minimum atomic E-state index is 0.0470. The molecule has 0 atom stereocenters. The maximum Gasteiger partial charge on any atom is 0.233 e. The van der Waals surface area contributed by atoms with E-state index in [2.05, 4.69) is 39.4 Å². The Balaban J connectivity index is 1.58. The molecule has 0 aliphatic rings. The van der Waals surface area contributed by atoms with Crippen molar-refractivity contribution >= 4 is 23.4 Å². The summed E-state index contributed by atoms with van der Waals surface area (Å²) in [6.45, 7) is 2.46. The first-order valence-corrected chi connectivity index (χ1v) is 9.92. The van der Waals surface area contributed by atoms with Crippen molar-refractivity contribution in [1.82, 2.24) is 19.7 Å². The van der Waals surface area contributed by atoms with E-state index in [0.717, 1.165) is 28.4 Å². The Morgan fingerprint density at radius 2 is 1.86 bits per heavy atom. The monoisotopic (exact) mass is 399 g/mol. The number of thioether (sulfide) groups is 1. The molecule has 8 heteroatoms. The molecule has 0 aliphatic heterocycles. The van der Waals surface area contributed by atoms with Crippen LogP contribution in [0.4, 0.5) is 5.69 Å². The van der Waals surface area contributed by atoms with E-state index in [9.17, 15) is 4.79 Å². The highest BCUT2D eigenvalue weighted by atomic mass is 32.2. The quantitative estimate of drug-likeness (QED) is 0.569. The number of carbonyl (C=O) groups excluding carboxylic acids is 1. The lowest BCUT2D eigenvalue weighted by Gasteiger charge is -2.18. The zero-order valence-corrected chi connectivity index (χ0v) is 17.7. The molecule has 2 heterocycles. The highest BCUT2D eigenvalue weighted by Gasteiger charge is 2.17. The molecule has 0 aliphatic carbocycles. The summed E-state index contributed by atoms with van der Waals surface area (Å²) in [5.74, 6) is 1.88. The number of aromatic nitrogens is 3. The predicted octanol–water partition coefficient (Wildman–Crippen LogP) is 3.20. The lowest BCUT2D eigenvalue weighted by atomic mass is 10.2. The number of aryl methyl sites for hydroxylation is 1. The lowest BCUT2D eigenvalue weighted by molar-refractivity contribution is -0.127. The van der Waals surface area contributed by atoms with Crippen molar-refractivity contribution < 1.29 is 9.21 Å². The van der Waals surface area contributed by atoms with Gasteiger partial charge in [0.1, 0.15) is 5.76 Å². The largest absolute Gasteiger partial charge is 0.469 e. The van der Waals surface area contributed by atoms with Gasteiger partial charge in [-0.2, -0.15) is 0 Å². The molecule has 0 saturated heterocycles. The third kappa shape index (κ3) is 4.39. The van der Waals surface area contributed by atoms with Crippen molar-refractivity contribution in [1.29, 1.82) is 0 Å². The van der Waals surface area contributed by atoms with Crippen molar-refractivity contribution in [3.05, 3.63) is 47.9 Å². The Morgan fingerprint density at radius 3 is 2.46 bits per heavy atom. The van der Waals surface area contributed by atoms with Gasteiger partial charge in [0.2, 0.25) is 5.91 Å². The van der Waals surface area contributed by atoms with E-state index >= 15 is 0 Å². The van der Waals surface area contributed by atoms with Gasteiger partial charge in [-0.3, -0.25) is 4.79 Å². The molecule has 0 unspecified atom stereocenters. The van der Waals surface area contributed by atoms with E-state index in [-0.39, 0.29) is 5.91 Å². The standard InChI is InChI=1S/C20H25N5O2S/c1-14-17(10-11-27-14)19-21-22-20(25(19)5)28-13-18(26)24(4)12-15-6-8-16(9-7-15)23(2)3/h6-11H,12-13H2,1-5H3. The van der Waals surface area contributed by atoms with Crippen molar-refractivity contribution in [2.24, 2.45) is 7.05 Å². The van der Waals surface area contributed by atoms with Gasteiger partial charge in [0.25, 0.3) is 0 Å². The van der Waals surface area contributed by atoms with Gasteiger partial charge in [-0.25, -0.2) is 0 Å². The summed E-state index contributed by atoms with van der Waals surface area (Å²) in [4.78, 5) is 16.3. The molecular formula is C20H25N5O2S. The first-order valence-electron chi connectivity index (χ1n) is 8.93. The fourth-order valence-electron chi connectivity index (χ4n) is 2.79. The van der Waals surface area contributed by atoms with E-state index in [1.54, 1.807) is 11.2 Å². The van der Waals surface area contributed by atoms with Crippen LogP contribution in [0.3, 0.4) is 0 Å². The number of benzene rings is 1. The zero-order chi connectivity index (χ0) is 20.3. The Labute approximate surface area is 169 Å². The van der Waals surface area contributed by atoms with Crippen LogP contribution in [0, 0.1) is 6.92 Å². The van der Waals surface area contributed by atoms with E-state index in [4.69, 9.17) is 4.42 Å². The molecule has 28 heavy (non-hydrogen) atoms. The molecule has 148 valence electrons. The third-order valence-electron chi connectivity index (χ3n) is 4.56. The lowest BCUT2D eigenvalue weighted by Crippen LogP contribution is -2.27. The Kier molecular flexibility index (Phi) is 6.08. The van der Waals surface area contributed by atoms with Crippen LogP contribution in [0.1, 0.15) is 11.3 Å². The summed E-state index contributed by atoms with van der Waals surface area (Å²) in [5.41, 5.74) is 3.15. The van der Waals surface area contributed by atoms with E-state index < -0.39 is 0 Å². The summed E-state index contributed by atoms with van der Waals surface area (Å²) in [6.07, 6.45) is 1.63. The summed E-state index contributed by atoms with van der Waals surface area (Å²) in [5, 5.41) is 9.15. The van der Waals surface area contributed by atoms with Crippen molar-refractivity contribution in [3.63, 3.8) is 0 Å². The molecule has 0 N–H and O–H groups in total. The minimum Gasteiger partial charge on any atom is -0.469 e. The fourth-order valence-corrected chi connectivity index (χ4v) is 3.64. The molecule has 2 aromatic heterocycles. The minimum absolute atomic E-state index is 0.0470. The molecule has 7 nitrogen and oxygen atoms in total. The van der Waals surface area contributed by atoms with Crippen molar-refractivity contribution in [2.45, 2.75) is 18.6 Å². The van der Waals surface area contributed by atoms with Crippen LogP contribution >= 0.6 is 11.8 Å². The van der Waals surface area contributed by atoms with Crippen LogP contribution in [-0.2, 0) is 18.4 Å². The maximum absolute atomic E-state index is 12.5. The second-order valence-electron chi connectivity index (χ2n) is 6.86. The van der Waals surface area contributed by atoms with Crippen LogP contribution in [0.25, 0.3) is 11.4 Å². The van der Waals surface area contributed by atoms with Crippen LogP contribution in [-0.4, -0.2) is 52.5 Å². The third-order valence-corrected chi connectivity index (χ3v) is 5.56. The number of carbonyl (C=O) groups is 1. The summed E-state index contributed by atoms with van der Waals surface area (Å²) >= 11 is 1.39. The second kappa shape index (κ2) is 8.52. The number of nitrogens with zero attached hydrogens (tertiary/aromatic N) is 5. The van der Waals surface area contributed by atoms with Crippen molar-refractivity contribution in [3.8, 4) is 11.4 Å². The SMILES string of the molecule is Cc1occc1-c1nnc(SCC(=O)N(C)Cc2ccc(N(C)C)cc2)n1C. The summed E-state index contributed by atoms with van der Waals surface area (Å²) in [7, 11) is 7.73. The normalized spacial score (nSPS) is 10.9. The second-order valence-corrected chi connectivity index (χ2v) is 7.80. The van der Waals surface area contributed by atoms with Gasteiger partial charge in [-0.15, -0.1) is 10.2 Å². The number of hydrogen-bond acceptors (Lipinski definition) is 6. The van der Waals surface area contributed by atoms with Crippen LogP contribution in [0.15, 0.2) is 46.2 Å². The highest BCUT2D eigenvalue weighted by molar-refractivity contribution is 7.99. The van der Waals surface area contributed by atoms with Gasteiger partial charge in [-0.1, -0.05) is 23.9 Å². The number of rotatable bonds is 7. The van der Waals surface area contributed by atoms with Gasteiger partial charge < -0.3 is 18.8 Å². The molecule has 3 rings (SSSR count). The van der Waals surface area contributed by atoms with Gasteiger partial charge in [0, 0.05) is 40.4 Å². The first-order chi connectivity index (χ1) is 13.4. The smallest absolute Gasteiger partial charge is 0.233 e. The molecule has 1 amide bonds. The van der Waals surface area contributed by atoms with E-state index in [1.807, 2.05) is 45.7 Å². The predicted molar refractivity (Wildman–Crippen MR) is 111 cm³/mol. The summed E-state index contributed by atoms with van der Waals surface area (Å²) < 4.78 is 7.22. The molecule has 3 aromatic rings. The molecular weight excluding hydrogens is 374 g/mol. The van der Waals surface area contributed by atoms with Crippen molar-refractivity contribution in [2.75, 3.05) is 31.8 Å². The van der Waals surface area contributed by atoms with E-state index in [1.165, 1.54) is 11.8 Å². The van der Waals surface area contributed by atoms with E-state index in [0.29, 0.717) is 17.5 Å². The first kappa shape index (κ1) is 20.0. The average molecular weight is 400 g/mol. The molecule has 0 radical (unpaired) electrons. The van der Waals surface area contributed by atoms with Gasteiger partial charge in [-0.05, 0) is 30.7 Å². The topological polar surface area (TPSA) is 67.4 Å². The van der Waals surface area contributed by atoms with Gasteiger partial charge in [0.15, 0.2) is 11.0 Å². The number of furan rings is 1. The molecule has 1 aromatic carbocycles. The number of anilines is 1. The number of hydrogen-bond donors (Lipinski definition) is 0.